The van der Waals surface area contributed by atoms with Gasteiger partial charge in [0.1, 0.15) is 0 Å². The molecule has 0 radical (unpaired) electrons. The van der Waals surface area contributed by atoms with Crippen LogP contribution in [0.3, 0.4) is 0 Å². The fraction of sp³-hybridized carbons (Fsp3) is 0.500. The average molecular weight is 284 g/mol. The predicted octanol–water partition coefficient (Wildman–Crippen LogP) is 2.65. The van der Waals surface area contributed by atoms with E-state index in [1.165, 1.54) is 5.56 Å². The highest BCUT2D eigenvalue weighted by Crippen LogP contribution is 2.34. The lowest BCUT2D eigenvalue weighted by atomic mass is 9.95. The number of nitrogens with zero attached hydrogens (tertiary/aromatic N) is 3. The van der Waals surface area contributed by atoms with E-state index in [2.05, 4.69) is 46.2 Å². The maximum atomic E-state index is 5.55. The highest BCUT2D eigenvalue weighted by molar-refractivity contribution is 5.57. The number of hydrogen-bond donors (Lipinski definition) is 1. The van der Waals surface area contributed by atoms with E-state index in [9.17, 15) is 0 Å². The van der Waals surface area contributed by atoms with Gasteiger partial charge in [0.15, 0.2) is 5.82 Å². The molecule has 0 bridgehead atoms. The van der Waals surface area contributed by atoms with Crippen LogP contribution in [0.25, 0.3) is 11.4 Å². The molecule has 1 fully saturated rings. The monoisotopic (exact) mass is 284 g/mol. The molecule has 1 N–H and O–H groups in total. The summed E-state index contributed by atoms with van der Waals surface area (Å²) in [5.74, 6) is 2.27. The van der Waals surface area contributed by atoms with Crippen molar-refractivity contribution < 1.29 is 4.74 Å². The molecule has 3 heterocycles. The molecule has 2 unspecified atom stereocenters. The molecule has 0 amide bonds. The fourth-order valence-corrected chi connectivity index (χ4v) is 3.25. The molecule has 2 aromatic rings. The molecule has 21 heavy (non-hydrogen) atoms. The lowest BCUT2D eigenvalue weighted by Crippen LogP contribution is -2.29. The number of rotatable bonds is 2. The van der Waals surface area contributed by atoms with Gasteiger partial charge in [0.2, 0.25) is 5.95 Å². The van der Waals surface area contributed by atoms with Crippen molar-refractivity contribution in [2.75, 3.05) is 25.1 Å². The van der Waals surface area contributed by atoms with Gasteiger partial charge in [-0.1, -0.05) is 29.8 Å². The molecule has 2 atom stereocenters. The van der Waals surface area contributed by atoms with Gasteiger partial charge >= 0.3 is 0 Å². The van der Waals surface area contributed by atoms with Crippen molar-refractivity contribution >= 4 is 5.95 Å². The summed E-state index contributed by atoms with van der Waals surface area (Å²) < 4.78 is 7.63. The van der Waals surface area contributed by atoms with Crippen molar-refractivity contribution in [1.29, 1.82) is 0 Å². The van der Waals surface area contributed by atoms with E-state index in [1.54, 1.807) is 0 Å². The van der Waals surface area contributed by atoms with Crippen LogP contribution in [0.5, 0.6) is 0 Å². The fourth-order valence-electron chi connectivity index (χ4n) is 3.25. The zero-order chi connectivity index (χ0) is 14.2. The lowest BCUT2D eigenvalue weighted by Gasteiger charge is -2.28. The van der Waals surface area contributed by atoms with E-state index < -0.39 is 0 Å². The van der Waals surface area contributed by atoms with Gasteiger partial charge < -0.3 is 10.1 Å². The highest BCUT2D eigenvalue weighted by atomic mass is 16.5. The molecule has 0 saturated carbocycles. The minimum absolute atomic E-state index is 0.412. The third-order valence-corrected chi connectivity index (χ3v) is 4.49. The van der Waals surface area contributed by atoms with Gasteiger partial charge in [-0.3, -0.25) is 0 Å². The summed E-state index contributed by atoms with van der Waals surface area (Å²) in [6.07, 6.45) is 2.22. The van der Waals surface area contributed by atoms with Crippen LogP contribution in [0.4, 0.5) is 5.95 Å². The van der Waals surface area contributed by atoms with Crippen LogP contribution in [0.2, 0.25) is 0 Å². The molecular weight excluding hydrogens is 264 g/mol. The molecular formula is C16H20N4O. The molecule has 5 nitrogen and oxygen atoms in total. The van der Waals surface area contributed by atoms with Crippen LogP contribution in [0, 0.1) is 12.8 Å². The molecule has 2 aliphatic rings. The molecule has 1 aromatic carbocycles. The summed E-state index contributed by atoms with van der Waals surface area (Å²) >= 11 is 0. The summed E-state index contributed by atoms with van der Waals surface area (Å²) in [5, 5.41) is 8.13. The zero-order valence-electron chi connectivity index (χ0n) is 12.2. The maximum absolute atomic E-state index is 5.55. The Labute approximate surface area is 124 Å². The van der Waals surface area contributed by atoms with Gasteiger partial charge in [0.05, 0.1) is 12.6 Å². The Morgan fingerprint density at radius 1 is 1.24 bits per heavy atom. The first-order valence-electron chi connectivity index (χ1n) is 7.66. The standard InChI is InChI=1S/C16H20N4O/c1-11-2-4-12(5-3-11)15-18-16-17-8-6-14(20(16)19-15)13-7-9-21-10-13/h2-5,13-14H,6-10H2,1H3,(H,17,18,19). The molecule has 1 saturated heterocycles. The number of ether oxygens (including phenoxy) is 1. The topological polar surface area (TPSA) is 52.0 Å². The molecule has 1 aromatic heterocycles. The molecule has 2 aliphatic heterocycles. The zero-order valence-corrected chi connectivity index (χ0v) is 12.2. The number of fused-ring (bicyclic) bond motifs is 1. The van der Waals surface area contributed by atoms with E-state index in [0.717, 1.165) is 49.9 Å². The summed E-state index contributed by atoms with van der Waals surface area (Å²) in [5.41, 5.74) is 2.33. The summed E-state index contributed by atoms with van der Waals surface area (Å²) in [4.78, 5) is 4.67. The molecule has 0 spiro atoms. The highest BCUT2D eigenvalue weighted by Gasteiger charge is 2.32. The van der Waals surface area contributed by atoms with Crippen LogP contribution in [0.1, 0.15) is 24.4 Å². The first-order chi connectivity index (χ1) is 10.3. The minimum Gasteiger partial charge on any atom is -0.381 e. The summed E-state index contributed by atoms with van der Waals surface area (Å²) in [6, 6.07) is 8.79. The molecule has 5 heteroatoms. The van der Waals surface area contributed by atoms with Gasteiger partial charge in [-0.2, -0.15) is 4.98 Å². The van der Waals surface area contributed by atoms with Gasteiger partial charge in [0.25, 0.3) is 0 Å². The number of benzene rings is 1. The van der Waals surface area contributed by atoms with Crippen LogP contribution in [-0.4, -0.2) is 34.5 Å². The van der Waals surface area contributed by atoms with E-state index in [-0.39, 0.29) is 0 Å². The SMILES string of the molecule is Cc1ccc(-c2nc3n(n2)C(C2CCOC2)CCN3)cc1. The second kappa shape index (κ2) is 5.15. The van der Waals surface area contributed by atoms with Crippen LogP contribution in [0.15, 0.2) is 24.3 Å². The van der Waals surface area contributed by atoms with Gasteiger partial charge in [0, 0.05) is 24.6 Å². The van der Waals surface area contributed by atoms with Crippen LogP contribution >= 0.6 is 0 Å². The van der Waals surface area contributed by atoms with E-state index in [1.807, 2.05) is 0 Å². The number of nitrogens with one attached hydrogen (secondary N) is 1. The van der Waals surface area contributed by atoms with Gasteiger partial charge in [-0.25, -0.2) is 4.68 Å². The quantitative estimate of drug-likeness (QED) is 0.921. The Hall–Kier alpha value is -1.88. The second-order valence-electron chi connectivity index (χ2n) is 5.98. The Balaban J connectivity index is 1.68. The Kier molecular flexibility index (Phi) is 3.15. The van der Waals surface area contributed by atoms with Crippen molar-refractivity contribution in [2.45, 2.75) is 25.8 Å². The van der Waals surface area contributed by atoms with Gasteiger partial charge in [-0.15, -0.1) is 5.10 Å². The molecule has 4 rings (SSSR count). The first kappa shape index (κ1) is 12.8. The smallest absolute Gasteiger partial charge is 0.221 e. The Morgan fingerprint density at radius 3 is 2.86 bits per heavy atom. The largest absolute Gasteiger partial charge is 0.381 e. The van der Waals surface area contributed by atoms with Crippen molar-refractivity contribution in [3.05, 3.63) is 29.8 Å². The maximum Gasteiger partial charge on any atom is 0.221 e. The number of anilines is 1. The van der Waals surface area contributed by atoms with Crippen molar-refractivity contribution in [1.82, 2.24) is 14.8 Å². The Bertz CT molecular complexity index is 628. The number of hydrogen-bond acceptors (Lipinski definition) is 4. The summed E-state index contributed by atoms with van der Waals surface area (Å²) in [7, 11) is 0. The normalized spacial score (nSPS) is 24.6. The number of aryl methyl sites for hydroxylation is 1. The van der Waals surface area contributed by atoms with E-state index in [4.69, 9.17) is 9.84 Å². The van der Waals surface area contributed by atoms with Crippen molar-refractivity contribution in [3.8, 4) is 11.4 Å². The lowest BCUT2D eigenvalue weighted by molar-refractivity contribution is 0.167. The molecule has 110 valence electrons. The third-order valence-electron chi connectivity index (χ3n) is 4.49. The Morgan fingerprint density at radius 2 is 2.10 bits per heavy atom. The third kappa shape index (κ3) is 2.31. The van der Waals surface area contributed by atoms with Crippen LogP contribution in [-0.2, 0) is 4.74 Å². The van der Waals surface area contributed by atoms with E-state index >= 15 is 0 Å². The van der Waals surface area contributed by atoms with Gasteiger partial charge in [-0.05, 0) is 19.8 Å². The van der Waals surface area contributed by atoms with E-state index in [0.29, 0.717) is 12.0 Å². The van der Waals surface area contributed by atoms with Crippen LogP contribution < -0.4 is 5.32 Å². The predicted molar refractivity (Wildman–Crippen MR) is 81.3 cm³/mol. The van der Waals surface area contributed by atoms with Crippen molar-refractivity contribution in [2.24, 2.45) is 5.92 Å². The average Bonchev–Trinajstić information content (AvgIpc) is 3.17. The minimum atomic E-state index is 0.412. The number of aromatic nitrogens is 3. The first-order valence-corrected chi connectivity index (χ1v) is 7.66. The second-order valence-corrected chi connectivity index (χ2v) is 5.98. The molecule has 0 aliphatic carbocycles. The summed E-state index contributed by atoms with van der Waals surface area (Å²) in [6.45, 7) is 4.79. The van der Waals surface area contributed by atoms with Crippen molar-refractivity contribution in [3.63, 3.8) is 0 Å².